The number of aliphatic hydroxyl groups is 3. The van der Waals surface area contributed by atoms with Crippen molar-refractivity contribution in [2.24, 2.45) is 45.5 Å². The number of anilines is 1. The molecule has 15 nitrogen and oxygen atoms in total. The van der Waals surface area contributed by atoms with E-state index >= 15 is 0 Å². The summed E-state index contributed by atoms with van der Waals surface area (Å²) in [6.45, 7) is 18.9. The minimum absolute atomic E-state index is 0.0183. The number of likely N-dealkylation sites (tertiary alicyclic amines) is 1. The highest BCUT2D eigenvalue weighted by atomic mass is 16.7. The van der Waals surface area contributed by atoms with E-state index in [-0.39, 0.29) is 55.4 Å². The maximum atomic E-state index is 14.7. The lowest BCUT2D eigenvalue weighted by atomic mass is 9.76. The number of nitrogens with zero attached hydrogens (tertiary/aromatic N) is 3. The van der Waals surface area contributed by atoms with Crippen LogP contribution in [-0.4, -0.2) is 104 Å². The second-order valence-corrected chi connectivity index (χ2v) is 18.1. The Morgan fingerprint density at radius 3 is 2.25 bits per heavy atom. The Morgan fingerprint density at radius 2 is 1.62 bits per heavy atom. The zero-order chi connectivity index (χ0) is 44.9. The maximum absolute atomic E-state index is 14.7. The van der Waals surface area contributed by atoms with Crippen LogP contribution in [0.3, 0.4) is 0 Å². The number of nitrogens with one attached hydrogen (secondary N) is 1. The fourth-order valence-corrected chi connectivity index (χ4v) is 9.21. The van der Waals surface area contributed by atoms with Crippen molar-refractivity contribution >= 4 is 34.1 Å². The van der Waals surface area contributed by atoms with Gasteiger partial charge in [0.2, 0.25) is 0 Å². The number of hydrogen-bond acceptors (Lipinski definition) is 14. The topological polar surface area (TPSA) is 220 Å². The first-order chi connectivity index (χ1) is 28.6. The highest BCUT2D eigenvalue weighted by Crippen LogP contribution is 2.50. The Morgan fingerprint density at radius 1 is 0.967 bits per heavy atom. The molecule has 2 aromatic rings. The van der Waals surface area contributed by atoms with Gasteiger partial charge in [-0.15, -0.1) is 0 Å². The molecule has 1 spiro atoms. The summed E-state index contributed by atoms with van der Waals surface area (Å²) in [5, 5.41) is 60.6. The smallest absolute Gasteiger partial charge is 0.312 e. The molecule has 332 valence electrons. The highest BCUT2D eigenvalue weighted by Gasteiger charge is 2.50. The van der Waals surface area contributed by atoms with E-state index in [0.717, 1.165) is 6.54 Å². The van der Waals surface area contributed by atoms with E-state index < -0.39 is 89.4 Å². The van der Waals surface area contributed by atoms with Crippen molar-refractivity contribution in [2.45, 2.75) is 112 Å². The predicted octanol–water partition coefficient (Wildman–Crippen LogP) is 4.34. The van der Waals surface area contributed by atoms with Crippen molar-refractivity contribution in [2.75, 3.05) is 31.6 Å². The number of aliphatic hydroxyl groups excluding tert-OH is 3. The molecule has 0 aliphatic carbocycles. The Hall–Kier alpha value is -4.83. The minimum Gasteiger partial charge on any atom is -0.507 e. The fraction of sp³-hybridized carbons (Fsp3) is 0.587. The lowest BCUT2D eigenvalue weighted by Gasteiger charge is -2.38. The molecule has 61 heavy (non-hydrogen) atoms. The summed E-state index contributed by atoms with van der Waals surface area (Å²) >= 11 is 0. The third-order valence-electron chi connectivity index (χ3n) is 13.0. The van der Waals surface area contributed by atoms with Crippen molar-refractivity contribution in [3.8, 4) is 17.2 Å². The van der Waals surface area contributed by atoms with Crippen molar-refractivity contribution in [1.82, 2.24) is 4.90 Å². The average Bonchev–Trinajstić information content (AvgIpc) is 3.71. The van der Waals surface area contributed by atoms with Crippen LogP contribution in [0.1, 0.15) is 91.1 Å². The standard InChI is InChI=1S/C46H62N4O11/c1-22(2)20-50-17-15-46(16-18-50)48-34-31-32-39(55)28(8)42-33(31)43(57)45(10,61-42)59-19-14-30(21-51)25(5)41(60-29(9)52)27(7)38(54)26(6)37(53)23(3)12-11-13-24(4)44(58)47-36(40(32)56)35(34)49-46/h11-14,19,22-23,25-27,30,37-38,41,51,53-56H,15-18,20-21H2,1-10H3,(H,47,58)/b12-11+,19-14+,24-13-/t23-,25+,26+,27+,30+,37-,38?,41+,45-/m0/s1. The normalized spacial score (nSPS) is 32.7. The number of amides is 1. The number of carbonyl (C=O) groups is 3. The van der Waals surface area contributed by atoms with Gasteiger partial charge >= 0.3 is 11.8 Å². The number of rotatable bonds is 4. The summed E-state index contributed by atoms with van der Waals surface area (Å²) in [4.78, 5) is 53.6. The molecule has 0 aromatic heterocycles. The fourth-order valence-electron chi connectivity index (χ4n) is 9.21. The van der Waals surface area contributed by atoms with Gasteiger partial charge in [0.1, 0.15) is 28.6 Å². The third-order valence-corrected chi connectivity index (χ3v) is 13.0. The molecule has 6 N–H and O–H groups in total. The van der Waals surface area contributed by atoms with E-state index in [9.17, 15) is 39.9 Å². The number of Topliss-reactive ketones (excluding diaryl/α,β-unsaturated/α-hetero) is 1. The number of ketones is 1. The Labute approximate surface area is 356 Å². The highest BCUT2D eigenvalue weighted by molar-refractivity contribution is 6.19. The van der Waals surface area contributed by atoms with Crippen LogP contribution in [0.15, 0.2) is 46.1 Å². The zero-order valence-electron chi connectivity index (χ0n) is 36.9. The van der Waals surface area contributed by atoms with Gasteiger partial charge in [-0.3, -0.25) is 24.4 Å². The van der Waals surface area contributed by atoms with Gasteiger partial charge in [0.15, 0.2) is 11.4 Å². The van der Waals surface area contributed by atoms with E-state index in [2.05, 4.69) is 24.1 Å². The second-order valence-electron chi connectivity index (χ2n) is 18.1. The number of aromatic hydroxyl groups is 2. The quantitative estimate of drug-likeness (QED) is 0.187. The molecular formula is C46H62N4O11. The van der Waals surface area contributed by atoms with Crippen LogP contribution >= 0.6 is 0 Å². The van der Waals surface area contributed by atoms with Gasteiger partial charge < -0.3 is 50.0 Å². The molecule has 2 aromatic carbocycles. The molecule has 1 amide bonds. The number of piperidine rings is 1. The lowest BCUT2D eigenvalue weighted by molar-refractivity contribution is -0.159. The van der Waals surface area contributed by atoms with Crippen LogP contribution in [0.4, 0.5) is 5.69 Å². The van der Waals surface area contributed by atoms with E-state index in [1.54, 1.807) is 59.8 Å². The number of allylic oxidation sites excluding steroid dienone is 2. The molecule has 15 heteroatoms. The summed E-state index contributed by atoms with van der Waals surface area (Å²) in [6.07, 6.45) is 5.60. The van der Waals surface area contributed by atoms with Gasteiger partial charge in [-0.1, -0.05) is 59.8 Å². The lowest BCUT2D eigenvalue weighted by Crippen LogP contribution is -2.45. The first-order valence-corrected chi connectivity index (χ1v) is 21.3. The molecule has 1 unspecified atom stereocenters. The number of ether oxygens (including phenoxy) is 3. The largest absolute Gasteiger partial charge is 0.507 e. The third kappa shape index (κ3) is 8.54. The molecule has 4 aliphatic rings. The molecule has 4 heterocycles. The Balaban J connectivity index is 1.54. The van der Waals surface area contributed by atoms with E-state index in [1.165, 1.54) is 26.2 Å². The molecule has 4 bridgehead atoms. The van der Waals surface area contributed by atoms with E-state index in [1.807, 2.05) is 0 Å². The first kappa shape index (κ1) is 45.7. The van der Waals surface area contributed by atoms with E-state index in [4.69, 9.17) is 24.2 Å². The number of benzene rings is 2. The van der Waals surface area contributed by atoms with Crippen LogP contribution in [0.5, 0.6) is 17.2 Å². The minimum atomic E-state index is -1.98. The number of phenols is 2. The summed E-state index contributed by atoms with van der Waals surface area (Å²) in [6, 6.07) is 0. The number of phenolic OH excluding ortho intramolecular Hbond substituents is 2. The predicted molar refractivity (Wildman–Crippen MR) is 227 cm³/mol. The Bertz CT molecular complexity index is 2300. The molecule has 0 radical (unpaired) electrons. The van der Waals surface area contributed by atoms with Gasteiger partial charge in [-0.25, -0.2) is 0 Å². The van der Waals surface area contributed by atoms with Crippen LogP contribution in [0, 0.1) is 42.4 Å². The second kappa shape index (κ2) is 17.5. The number of fused-ring (bicyclic) bond motifs is 1. The molecule has 6 rings (SSSR count). The van der Waals surface area contributed by atoms with Crippen LogP contribution in [0.2, 0.25) is 0 Å². The van der Waals surface area contributed by atoms with Gasteiger partial charge in [-0.05, 0) is 25.8 Å². The van der Waals surface area contributed by atoms with Gasteiger partial charge in [-0.2, -0.15) is 0 Å². The van der Waals surface area contributed by atoms with Crippen LogP contribution in [-0.2, 0) is 19.1 Å². The van der Waals surface area contributed by atoms with E-state index in [0.29, 0.717) is 31.8 Å². The molecule has 1 saturated heterocycles. The summed E-state index contributed by atoms with van der Waals surface area (Å²) < 4.78 is 18.1. The van der Waals surface area contributed by atoms with Crippen LogP contribution in [0.25, 0.3) is 10.8 Å². The average molecular weight is 847 g/mol. The van der Waals surface area contributed by atoms with Gasteiger partial charge in [0.05, 0.1) is 34.8 Å². The summed E-state index contributed by atoms with van der Waals surface area (Å²) in [5.74, 6) is -7.37. The van der Waals surface area contributed by atoms with Crippen LogP contribution < -0.4 is 20.8 Å². The number of hydrogen-bond donors (Lipinski definition) is 6. The van der Waals surface area contributed by atoms with Crippen molar-refractivity contribution < 1.29 is 54.1 Å². The van der Waals surface area contributed by atoms with Crippen molar-refractivity contribution in [1.29, 1.82) is 0 Å². The Kier molecular flexibility index (Phi) is 13.1. The first-order valence-electron chi connectivity index (χ1n) is 21.3. The zero-order valence-corrected chi connectivity index (χ0v) is 36.9. The molecule has 9 atom stereocenters. The summed E-state index contributed by atoms with van der Waals surface area (Å²) in [5.41, 5.74) is -0.634. The molecule has 1 fully saturated rings. The van der Waals surface area contributed by atoms with Gasteiger partial charge in [0, 0.05) is 99.0 Å². The number of carbonyl (C=O) groups excluding carboxylic acids is 3. The summed E-state index contributed by atoms with van der Waals surface area (Å²) in [7, 11) is 0. The maximum Gasteiger partial charge on any atom is 0.312 e. The van der Waals surface area contributed by atoms with Gasteiger partial charge in [0.25, 0.3) is 11.7 Å². The molecule has 4 aliphatic heterocycles. The van der Waals surface area contributed by atoms with Crippen molar-refractivity contribution in [3.63, 3.8) is 0 Å². The SMILES string of the molecule is CC(=O)O[C@@H]1[C@H](C)[C@@H](CO)/C=C/O[C@@]2(C)Oc3c(C)c(O)c4c(O)c(c5c(c4c3C2=O)=NC2(CCN(CC(C)C)CC2)N=5)NC(=O)/C(C)=C\C=C\[C@H](C)[C@H](O)[C@@H](C)C(O)[C@H]1C. The molecule has 0 saturated carbocycles. The molecular weight excluding hydrogens is 785 g/mol. The van der Waals surface area contributed by atoms with Crippen molar-refractivity contribution in [3.05, 3.63) is 58.0 Å². The monoisotopic (exact) mass is 846 g/mol. The number of esters is 1.